The number of nitrogens with zero attached hydrogens (tertiary/aromatic N) is 2. The van der Waals surface area contributed by atoms with E-state index in [1.165, 1.54) is 5.56 Å². The molecule has 0 bridgehead atoms. The molecule has 0 spiro atoms. The van der Waals surface area contributed by atoms with Crippen LogP contribution in [0.5, 0.6) is 0 Å². The van der Waals surface area contributed by atoms with Crippen molar-refractivity contribution in [2.75, 3.05) is 0 Å². The maximum Gasteiger partial charge on any atom is 0.111 e. The van der Waals surface area contributed by atoms with Crippen molar-refractivity contribution in [1.82, 2.24) is 4.98 Å². The predicted molar refractivity (Wildman–Crippen MR) is 71.1 cm³/mol. The quantitative estimate of drug-likeness (QED) is 0.772. The molecule has 17 heavy (non-hydrogen) atoms. The minimum atomic E-state index is 0.571. The highest BCUT2D eigenvalue weighted by Gasteiger charge is 2.28. The normalized spacial score (nSPS) is 23.3. The Morgan fingerprint density at radius 2 is 2.18 bits per heavy atom. The number of pyridine rings is 1. The molecule has 2 nitrogen and oxygen atoms in total. The summed E-state index contributed by atoms with van der Waals surface area (Å²) in [5, 5.41) is 9.58. The third-order valence-corrected chi connectivity index (χ3v) is 4.19. The molecule has 0 saturated carbocycles. The monoisotopic (exact) mass is 246 g/mol. The lowest BCUT2D eigenvalue weighted by atomic mass is 9.73. The summed E-state index contributed by atoms with van der Waals surface area (Å²) in [5.41, 5.74) is 2.98. The second-order valence-corrected chi connectivity index (χ2v) is 5.79. The molecule has 90 valence electrons. The molecular formula is C14H18N2S. The maximum absolute atomic E-state index is 9.01. The predicted octanol–water partition coefficient (Wildman–Crippen LogP) is 3.25. The van der Waals surface area contributed by atoms with Crippen LogP contribution in [0.4, 0.5) is 0 Å². The van der Waals surface area contributed by atoms with Crippen molar-refractivity contribution in [2.24, 2.45) is 17.8 Å². The summed E-state index contributed by atoms with van der Waals surface area (Å²) in [4.78, 5) is 4.47. The summed E-state index contributed by atoms with van der Waals surface area (Å²) in [7, 11) is 0. The number of fused-ring (bicyclic) bond motifs is 1. The van der Waals surface area contributed by atoms with E-state index < -0.39 is 0 Å². The molecular weight excluding hydrogens is 228 g/mol. The van der Waals surface area contributed by atoms with Crippen molar-refractivity contribution >= 4 is 12.6 Å². The molecule has 0 amide bonds. The fourth-order valence-electron chi connectivity index (χ4n) is 2.82. The first kappa shape index (κ1) is 12.4. The highest BCUT2D eigenvalue weighted by atomic mass is 32.1. The Hall–Kier alpha value is -1.01. The van der Waals surface area contributed by atoms with Crippen LogP contribution in [0, 0.1) is 29.1 Å². The van der Waals surface area contributed by atoms with Crippen molar-refractivity contribution < 1.29 is 0 Å². The number of hydrogen-bond donors (Lipinski definition) is 1. The van der Waals surface area contributed by atoms with Gasteiger partial charge in [0.1, 0.15) is 11.1 Å². The average molecular weight is 246 g/mol. The molecule has 0 radical (unpaired) electrons. The van der Waals surface area contributed by atoms with E-state index >= 15 is 0 Å². The molecule has 0 aliphatic heterocycles. The molecule has 2 unspecified atom stereocenters. The molecule has 3 heteroatoms. The third-order valence-electron chi connectivity index (χ3n) is 3.85. The first-order valence-corrected chi connectivity index (χ1v) is 6.59. The van der Waals surface area contributed by atoms with Crippen LogP contribution < -0.4 is 0 Å². The molecule has 0 fully saturated rings. The highest BCUT2D eigenvalue weighted by Crippen LogP contribution is 2.34. The van der Waals surface area contributed by atoms with Crippen LogP contribution in [0.2, 0.25) is 0 Å². The van der Waals surface area contributed by atoms with Gasteiger partial charge in [-0.15, -0.1) is 12.6 Å². The van der Waals surface area contributed by atoms with Crippen molar-refractivity contribution in [3.8, 4) is 6.07 Å². The van der Waals surface area contributed by atoms with Crippen LogP contribution in [0.3, 0.4) is 0 Å². The molecule has 1 aliphatic rings. The number of aromatic nitrogens is 1. The van der Waals surface area contributed by atoms with E-state index in [4.69, 9.17) is 5.26 Å². The van der Waals surface area contributed by atoms with Gasteiger partial charge in [-0.25, -0.2) is 4.98 Å². The Morgan fingerprint density at radius 3 is 2.76 bits per heavy atom. The van der Waals surface area contributed by atoms with E-state index in [-0.39, 0.29) is 0 Å². The highest BCUT2D eigenvalue weighted by molar-refractivity contribution is 7.80. The van der Waals surface area contributed by atoms with Gasteiger partial charge in [-0.1, -0.05) is 20.8 Å². The lowest BCUT2D eigenvalue weighted by Gasteiger charge is -2.33. The molecule has 0 N–H and O–H groups in total. The fraction of sp³-hybridized carbons (Fsp3) is 0.571. The smallest absolute Gasteiger partial charge is 0.111 e. The van der Waals surface area contributed by atoms with Gasteiger partial charge in [0.2, 0.25) is 0 Å². The van der Waals surface area contributed by atoms with Crippen LogP contribution in [0.25, 0.3) is 0 Å². The van der Waals surface area contributed by atoms with Crippen LogP contribution in [0.1, 0.15) is 37.6 Å². The standard InChI is InChI=1S/C14H18N2S/c1-8(2)12-6-10-5-11(7-15)14(17)16-13(10)4-9(12)3/h5,8-9,12H,4,6H2,1-3H3,(H,16,17). The molecule has 2 atom stereocenters. The second-order valence-electron chi connectivity index (χ2n) is 5.37. The summed E-state index contributed by atoms with van der Waals surface area (Å²) >= 11 is 4.27. The van der Waals surface area contributed by atoms with Gasteiger partial charge in [0.25, 0.3) is 0 Å². The first-order chi connectivity index (χ1) is 8.02. The molecule has 1 heterocycles. The molecule has 0 aromatic carbocycles. The van der Waals surface area contributed by atoms with Crippen molar-refractivity contribution in [3.63, 3.8) is 0 Å². The summed E-state index contributed by atoms with van der Waals surface area (Å²) in [6.07, 6.45) is 2.06. The summed E-state index contributed by atoms with van der Waals surface area (Å²) in [6.45, 7) is 6.85. The van der Waals surface area contributed by atoms with Crippen molar-refractivity contribution in [3.05, 3.63) is 22.9 Å². The largest absolute Gasteiger partial charge is 0.245 e. The van der Waals surface area contributed by atoms with Crippen molar-refractivity contribution in [2.45, 2.75) is 38.6 Å². The lowest BCUT2D eigenvalue weighted by Crippen LogP contribution is -2.28. The first-order valence-electron chi connectivity index (χ1n) is 6.14. The van der Waals surface area contributed by atoms with Gasteiger partial charge >= 0.3 is 0 Å². The molecule has 1 aliphatic carbocycles. The zero-order valence-electron chi connectivity index (χ0n) is 10.6. The Kier molecular flexibility index (Phi) is 3.44. The second kappa shape index (κ2) is 4.70. The van der Waals surface area contributed by atoms with Crippen LogP contribution in [-0.2, 0) is 12.8 Å². The minimum Gasteiger partial charge on any atom is -0.245 e. The lowest BCUT2D eigenvalue weighted by molar-refractivity contribution is 0.249. The minimum absolute atomic E-state index is 0.571. The molecule has 1 aromatic heterocycles. The van der Waals surface area contributed by atoms with Gasteiger partial charge < -0.3 is 0 Å². The zero-order chi connectivity index (χ0) is 12.6. The maximum atomic E-state index is 9.01. The SMILES string of the molecule is CC(C)C1Cc2cc(C#N)c(S)nc2CC1C. The number of hydrogen-bond acceptors (Lipinski definition) is 3. The Balaban J connectivity index is 2.40. The van der Waals surface area contributed by atoms with E-state index in [0.717, 1.165) is 18.5 Å². The topological polar surface area (TPSA) is 36.7 Å². The van der Waals surface area contributed by atoms with Gasteiger partial charge in [0, 0.05) is 5.69 Å². The number of thiol groups is 1. The molecule has 1 aromatic rings. The fourth-order valence-corrected chi connectivity index (χ4v) is 3.06. The summed E-state index contributed by atoms with van der Waals surface area (Å²) < 4.78 is 0. The van der Waals surface area contributed by atoms with E-state index in [0.29, 0.717) is 28.3 Å². The van der Waals surface area contributed by atoms with Crippen LogP contribution in [0.15, 0.2) is 11.1 Å². The van der Waals surface area contributed by atoms with E-state index in [1.807, 2.05) is 6.07 Å². The van der Waals surface area contributed by atoms with Crippen LogP contribution >= 0.6 is 12.6 Å². The van der Waals surface area contributed by atoms with Crippen molar-refractivity contribution in [1.29, 1.82) is 5.26 Å². The molecule has 2 rings (SSSR count). The van der Waals surface area contributed by atoms with E-state index in [9.17, 15) is 0 Å². The van der Waals surface area contributed by atoms with Crippen LogP contribution in [-0.4, -0.2) is 4.98 Å². The van der Waals surface area contributed by atoms with Gasteiger partial charge in [0.05, 0.1) is 5.56 Å². The Morgan fingerprint density at radius 1 is 1.47 bits per heavy atom. The van der Waals surface area contributed by atoms with E-state index in [1.54, 1.807) is 0 Å². The Bertz CT molecular complexity index is 474. The Labute approximate surface area is 108 Å². The molecule has 0 saturated heterocycles. The average Bonchev–Trinajstić information content (AvgIpc) is 2.27. The van der Waals surface area contributed by atoms with Gasteiger partial charge in [-0.3, -0.25) is 0 Å². The van der Waals surface area contributed by atoms with E-state index in [2.05, 4.69) is 44.5 Å². The van der Waals surface area contributed by atoms with Gasteiger partial charge in [0.15, 0.2) is 0 Å². The zero-order valence-corrected chi connectivity index (χ0v) is 11.5. The number of nitriles is 1. The third kappa shape index (κ3) is 2.32. The summed E-state index contributed by atoms with van der Waals surface area (Å²) in [6, 6.07) is 4.14. The van der Waals surface area contributed by atoms with Gasteiger partial charge in [-0.05, 0) is 42.2 Å². The number of rotatable bonds is 1. The summed E-state index contributed by atoms with van der Waals surface area (Å²) in [5.74, 6) is 2.04. The van der Waals surface area contributed by atoms with Gasteiger partial charge in [-0.2, -0.15) is 5.26 Å².